The van der Waals surface area contributed by atoms with Crippen molar-refractivity contribution < 1.29 is 17.5 Å². The number of rotatable bonds is 5. The molecular weight excluding hydrogens is 351 g/mol. The van der Waals surface area contributed by atoms with Gasteiger partial charge in [0.1, 0.15) is 10.7 Å². The third-order valence-corrected chi connectivity index (χ3v) is 5.21. The van der Waals surface area contributed by atoms with E-state index in [1.165, 1.54) is 12.1 Å². The monoisotopic (exact) mass is 366 g/mol. The summed E-state index contributed by atoms with van der Waals surface area (Å²) in [5.74, 6) is -0.812. The van der Waals surface area contributed by atoms with Gasteiger partial charge in [0, 0.05) is 17.1 Å². The van der Waals surface area contributed by atoms with E-state index in [-0.39, 0.29) is 12.1 Å². The summed E-state index contributed by atoms with van der Waals surface area (Å²) in [6.07, 6.45) is 0.326. The Labute approximate surface area is 125 Å². The maximum Gasteiger partial charge on any atom is 0.243 e. The van der Waals surface area contributed by atoms with Crippen LogP contribution in [-0.2, 0) is 14.8 Å². The molecule has 0 heterocycles. The molecule has 3 N–H and O–H groups in total. The summed E-state index contributed by atoms with van der Waals surface area (Å²) >= 11 is 3.08. The number of sulfonamides is 1. The van der Waals surface area contributed by atoms with Gasteiger partial charge in [-0.25, -0.2) is 17.5 Å². The second kappa shape index (κ2) is 6.07. The Hall–Kier alpha value is -0.540. The number of nitrogens with two attached hydrogens (primary N) is 1. The highest BCUT2D eigenvalue weighted by Crippen LogP contribution is 2.26. The first kappa shape index (κ1) is 15.8. The number of benzene rings is 1. The fraction of sp³-hybridized carbons (Fsp3) is 0.500. The van der Waals surface area contributed by atoms with Gasteiger partial charge in [0.2, 0.25) is 10.0 Å². The lowest BCUT2D eigenvalue weighted by atomic mass is 9.84. The highest BCUT2D eigenvalue weighted by atomic mass is 79.9. The molecule has 0 saturated heterocycles. The van der Waals surface area contributed by atoms with E-state index in [1.807, 2.05) is 6.92 Å². The van der Waals surface area contributed by atoms with E-state index in [1.54, 1.807) is 0 Å². The molecule has 1 aromatic rings. The van der Waals surface area contributed by atoms with E-state index >= 15 is 0 Å². The van der Waals surface area contributed by atoms with Gasteiger partial charge < -0.3 is 10.5 Å². The van der Waals surface area contributed by atoms with E-state index in [2.05, 4.69) is 20.7 Å². The van der Waals surface area contributed by atoms with Crippen molar-refractivity contribution >= 4 is 26.0 Å². The minimum absolute atomic E-state index is 0.261. The van der Waals surface area contributed by atoms with Crippen LogP contribution in [0.2, 0.25) is 0 Å². The van der Waals surface area contributed by atoms with Crippen LogP contribution in [0.1, 0.15) is 13.3 Å². The van der Waals surface area contributed by atoms with Crippen LogP contribution < -0.4 is 10.5 Å². The molecule has 2 rings (SSSR count). The zero-order valence-corrected chi connectivity index (χ0v) is 13.2. The average Bonchev–Trinajstić information content (AvgIpc) is 2.35. The predicted molar refractivity (Wildman–Crippen MR) is 76.2 cm³/mol. The molecule has 5 nitrogen and oxygen atoms in total. The number of ether oxygens (including phenoxy) is 1. The molecule has 0 amide bonds. The molecule has 20 heavy (non-hydrogen) atoms. The Morgan fingerprint density at radius 1 is 1.55 bits per heavy atom. The largest absolute Gasteiger partial charge is 0.377 e. The van der Waals surface area contributed by atoms with Crippen molar-refractivity contribution in [2.75, 3.05) is 6.61 Å². The van der Waals surface area contributed by atoms with Gasteiger partial charge in [-0.2, -0.15) is 0 Å². The van der Waals surface area contributed by atoms with Gasteiger partial charge in [0.15, 0.2) is 0 Å². The van der Waals surface area contributed by atoms with Gasteiger partial charge in [-0.1, -0.05) is 15.9 Å². The van der Waals surface area contributed by atoms with Crippen LogP contribution in [0.4, 0.5) is 4.39 Å². The summed E-state index contributed by atoms with van der Waals surface area (Å²) in [7, 11) is -3.96. The number of hydrogen-bond donors (Lipinski definition) is 2. The highest BCUT2D eigenvalue weighted by molar-refractivity contribution is 9.10. The van der Waals surface area contributed by atoms with Gasteiger partial charge >= 0.3 is 0 Å². The Balaban J connectivity index is 2.18. The summed E-state index contributed by atoms with van der Waals surface area (Å²) in [5.41, 5.74) is 5.78. The lowest BCUT2D eigenvalue weighted by Crippen LogP contribution is -2.64. The van der Waals surface area contributed by atoms with Crippen molar-refractivity contribution in [3.8, 4) is 0 Å². The van der Waals surface area contributed by atoms with Crippen LogP contribution in [0.25, 0.3) is 0 Å². The van der Waals surface area contributed by atoms with Crippen LogP contribution in [0.5, 0.6) is 0 Å². The normalized spacial score (nSPS) is 26.3. The van der Waals surface area contributed by atoms with Gasteiger partial charge in [-0.3, -0.25) is 0 Å². The molecule has 1 aromatic carbocycles. The third kappa shape index (κ3) is 3.20. The summed E-state index contributed by atoms with van der Waals surface area (Å²) < 4.78 is 46.4. The molecule has 0 radical (unpaired) electrons. The molecule has 3 unspecified atom stereocenters. The fourth-order valence-electron chi connectivity index (χ4n) is 2.13. The second-order valence-corrected chi connectivity index (χ2v) is 7.21. The van der Waals surface area contributed by atoms with Crippen molar-refractivity contribution in [2.45, 2.75) is 36.4 Å². The van der Waals surface area contributed by atoms with E-state index in [9.17, 15) is 12.8 Å². The Morgan fingerprint density at radius 2 is 2.25 bits per heavy atom. The smallest absolute Gasteiger partial charge is 0.243 e. The van der Waals surface area contributed by atoms with E-state index in [4.69, 9.17) is 10.5 Å². The lowest BCUT2D eigenvalue weighted by Gasteiger charge is -2.42. The molecule has 8 heteroatoms. The zero-order valence-electron chi connectivity index (χ0n) is 10.8. The van der Waals surface area contributed by atoms with E-state index in [0.29, 0.717) is 17.5 Å². The first-order chi connectivity index (χ1) is 9.35. The fourth-order valence-corrected chi connectivity index (χ4v) is 3.83. The molecule has 1 saturated carbocycles. The van der Waals surface area contributed by atoms with Gasteiger partial charge in [0.05, 0.1) is 12.1 Å². The van der Waals surface area contributed by atoms with Gasteiger partial charge in [0.25, 0.3) is 0 Å². The summed E-state index contributed by atoms with van der Waals surface area (Å²) in [4.78, 5) is -0.393. The van der Waals surface area contributed by atoms with Crippen LogP contribution >= 0.6 is 15.9 Å². The van der Waals surface area contributed by atoms with Crippen molar-refractivity contribution in [3.05, 3.63) is 28.5 Å². The summed E-state index contributed by atoms with van der Waals surface area (Å²) in [6.45, 7) is 2.30. The summed E-state index contributed by atoms with van der Waals surface area (Å²) in [6, 6.07) is 2.94. The van der Waals surface area contributed by atoms with Crippen molar-refractivity contribution in [3.63, 3.8) is 0 Å². The van der Waals surface area contributed by atoms with Crippen LogP contribution in [-0.4, -0.2) is 33.2 Å². The molecule has 112 valence electrons. The quantitative estimate of drug-likeness (QED) is 0.824. The van der Waals surface area contributed by atoms with E-state index in [0.717, 1.165) is 6.07 Å². The predicted octanol–water partition coefficient (Wildman–Crippen LogP) is 1.37. The average molecular weight is 367 g/mol. The second-order valence-electron chi connectivity index (χ2n) is 4.62. The van der Waals surface area contributed by atoms with Crippen LogP contribution in [0.3, 0.4) is 0 Å². The number of hydrogen-bond acceptors (Lipinski definition) is 4. The topological polar surface area (TPSA) is 81.4 Å². The molecule has 1 aliphatic rings. The van der Waals surface area contributed by atoms with Crippen LogP contribution in [0, 0.1) is 5.82 Å². The Kier molecular flexibility index (Phi) is 4.80. The maximum absolute atomic E-state index is 13.7. The first-order valence-electron chi connectivity index (χ1n) is 6.19. The van der Waals surface area contributed by atoms with Gasteiger partial charge in [-0.05, 0) is 31.5 Å². The molecule has 1 aliphatic carbocycles. The lowest BCUT2D eigenvalue weighted by molar-refractivity contribution is -0.0248. The SMILES string of the molecule is CCOC1CC(N)C1NS(=O)(=O)c1ccc(Br)cc1F. The zero-order chi connectivity index (χ0) is 14.9. The Morgan fingerprint density at radius 3 is 2.80 bits per heavy atom. The molecule has 0 aromatic heterocycles. The Bertz CT molecular complexity index is 594. The van der Waals surface area contributed by atoms with Crippen LogP contribution in [0.15, 0.2) is 27.6 Å². The van der Waals surface area contributed by atoms with Crippen molar-refractivity contribution in [1.29, 1.82) is 0 Å². The molecule has 1 fully saturated rings. The maximum atomic E-state index is 13.7. The minimum atomic E-state index is -3.96. The number of halogens is 2. The van der Waals surface area contributed by atoms with E-state index < -0.39 is 26.8 Å². The highest BCUT2D eigenvalue weighted by Gasteiger charge is 2.42. The number of nitrogens with one attached hydrogen (secondary N) is 1. The van der Waals surface area contributed by atoms with Crippen molar-refractivity contribution in [2.24, 2.45) is 5.73 Å². The third-order valence-electron chi connectivity index (χ3n) is 3.22. The van der Waals surface area contributed by atoms with Gasteiger partial charge in [-0.15, -0.1) is 0 Å². The molecule has 0 bridgehead atoms. The molecule has 3 atom stereocenters. The van der Waals surface area contributed by atoms with Crippen molar-refractivity contribution in [1.82, 2.24) is 4.72 Å². The molecule has 0 aliphatic heterocycles. The summed E-state index contributed by atoms with van der Waals surface area (Å²) in [5, 5.41) is 0. The first-order valence-corrected chi connectivity index (χ1v) is 8.47. The minimum Gasteiger partial charge on any atom is -0.377 e. The molecular formula is C12H16BrFN2O3S. The molecule has 0 spiro atoms. The standard InChI is InChI=1S/C12H16BrFN2O3S/c1-2-19-10-6-9(15)12(10)16-20(17,18)11-4-3-7(13)5-8(11)14/h3-5,9-10,12,16H,2,6,15H2,1H3.